The monoisotopic (exact) mass is 378 g/mol. The minimum atomic E-state index is -0.501. The Kier molecular flexibility index (Phi) is 9.55. The van der Waals surface area contributed by atoms with Crippen molar-refractivity contribution in [3.05, 3.63) is 30.0 Å². The summed E-state index contributed by atoms with van der Waals surface area (Å²) in [6.07, 6.45) is 1.42. The van der Waals surface area contributed by atoms with Crippen molar-refractivity contribution in [3.63, 3.8) is 0 Å². The maximum Gasteiger partial charge on any atom is 0.343 e. The number of nitrogens with zero attached hydrogens (tertiary/aromatic N) is 2. The van der Waals surface area contributed by atoms with E-state index in [1.165, 1.54) is 6.20 Å². The number of hydrogen-bond acceptors (Lipinski definition) is 8. The zero-order valence-electron chi connectivity index (χ0n) is 16.6. The van der Waals surface area contributed by atoms with Crippen molar-refractivity contribution < 1.29 is 24.6 Å². The predicted octanol–water partition coefficient (Wildman–Crippen LogP) is 2.23. The number of methoxy groups -OCH3 is 1. The Morgan fingerprint density at radius 3 is 2.59 bits per heavy atom. The predicted molar refractivity (Wildman–Crippen MR) is 104 cm³/mol. The van der Waals surface area contributed by atoms with Gasteiger partial charge in [0.05, 0.1) is 20.8 Å². The molecule has 9 heteroatoms. The molecule has 2 rings (SSSR count). The fraction of sp³-hybridized carbons (Fsp3) is 0.389. The second kappa shape index (κ2) is 11.7. The smallest absolute Gasteiger partial charge is 0.343 e. The number of carbonyl (C=O) groups is 1. The van der Waals surface area contributed by atoms with Gasteiger partial charge in [-0.15, -0.1) is 0 Å². The summed E-state index contributed by atoms with van der Waals surface area (Å²) in [6, 6.07) is 5.40. The van der Waals surface area contributed by atoms with Gasteiger partial charge in [0.15, 0.2) is 11.5 Å². The van der Waals surface area contributed by atoms with E-state index in [4.69, 9.17) is 14.3 Å². The van der Waals surface area contributed by atoms with Crippen LogP contribution in [0.4, 0.5) is 23.1 Å². The SMILES string of the molecule is CC.CCOC(=O)c1cnc(NC)nc1Nc1ccc(OC)cc1[NH2+]OC. The molecule has 148 valence electrons. The molecule has 0 saturated carbocycles. The van der Waals surface area contributed by atoms with Crippen molar-refractivity contribution in [2.75, 3.05) is 38.5 Å². The van der Waals surface area contributed by atoms with Gasteiger partial charge in [-0.25, -0.2) is 14.6 Å². The first-order valence-electron chi connectivity index (χ1n) is 8.65. The van der Waals surface area contributed by atoms with Gasteiger partial charge in [0.25, 0.3) is 0 Å². The maximum absolute atomic E-state index is 12.2. The molecule has 1 heterocycles. The van der Waals surface area contributed by atoms with Gasteiger partial charge >= 0.3 is 5.97 Å². The summed E-state index contributed by atoms with van der Waals surface area (Å²) in [4.78, 5) is 25.6. The van der Waals surface area contributed by atoms with Gasteiger partial charge in [-0.1, -0.05) is 13.8 Å². The molecule has 0 aliphatic rings. The van der Waals surface area contributed by atoms with Crippen LogP contribution in [0.25, 0.3) is 0 Å². The topological polar surface area (TPSA) is 111 Å². The van der Waals surface area contributed by atoms with Crippen LogP contribution in [-0.4, -0.2) is 43.8 Å². The molecule has 0 spiro atoms. The highest BCUT2D eigenvalue weighted by Crippen LogP contribution is 2.27. The largest absolute Gasteiger partial charge is 0.497 e. The fourth-order valence-electron chi connectivity index (χ4n) is 2.09. The Morgan fingerprint density at radius 1 is 1.26 bits per heavy atom. The van der Waals surface area contributed by atoms with Crippen molar-refractivity contribution in [2.24, 2.45) is 0 Å². The first kappa shape index (κ1) is 22.1. The molecule has 0 atom stereocenters. The second-order valence-electron chi connectivity index (χ2n) is 4.86. The zero-order valence-corrected chi connectivity index (χ0v) is 16.6. The van der Waals surface area contributed by atoms with Gasteiger partial charge in [0, 0.05) is 19.3 Å². The molecule has 1 aromatic carbocycles. The molecule has 0 fully saturated rings. The molecule has 0 aliphatic carbocycles. The van der Waals surface area contributed by atoms with Gasteiger partial charge in [0.2, 0.25) is 5.95 Å². The molecular weight excluding hydrogens is 350 g/mol. The van der Waals surface area contributed by atoms with Crippen LogP contribution in [0, 0.1) is 0 Å². The molecule has 2 aromatic rings. The molecular formula is C18H28N5O4+. The third-order valence-electron chi connectivity index (χ3n) is 3.26. The van der Waals surface area contributed by atoms with Crippen molar-refractivity contribution in [3.8, 4) is 5.75 Å². The van der Waals surface area contributed by atoms with E-state index < -0.39 is 5.97 Å². The van der Waals surface area contributed by atoms with Gasteiger partial charge in [0.1, 0.15) is 17.0 Å². The summed E-state index contributed by atoms with van der Waals surface area (Å²) < 4.78 is 10.3. The molecule has 4 N–H and O–H groups in total. The third kappa shape index (κ3) is 6.08. The first-order chi connectivity index (χ1) is 13.1. The second-order valence-corrected chi connectivity index (χ2v) is 4.86. The van der Waals surface area contributed by atoms with Crippen LogP contribution in [0.1, 0.15) is 31.1 Å². The van der Waals surface area contributed by atoms with Crippen LogP contribution < -0.4 is 20.9 Å². The lowest BCUT2D eigenvalue weighted by molar-refractivity contribution is -0.829. The van der Waals surface area contributed by atoms with E-state index in [9.17, 15) is 4.79 Å². The Morgan fingerprint density at radius 2 is 2.00 bits per heavy atom. The average molecular weight is 378 g/mol. The van der Waals surface area contributed by atoms with Crippen LogP contribution in [-0.2, 0) is 9.57 Å². The normalized spacial score (nSPS) is 9.70. The van der Waals surface area contributed by atoms with E-state index in [2.05, 4.69) is 20.6 Å². The molecule has 9 nitrogen and oxygen atoms in total. The van der Waals surface area contributed by atoms with Gasteiger partial charge in [-0.05, 0) is 19.1 Å². The van der Waals surface area contributed by atoms with Crippen LogP contribution in [0.15, 0.2) is 24.4 Å². The summed E-state index contributed by atoms with van der Waals surface area (Å²) in [6.45, 7) is 6.00. The van der Waals surface area contributed by atoms with Crippen molar-refractivity contribution >= 4 is 29.1 Å². The molecule has 0 saturated heterocycles. The number of rotatable bonds is 8. The molecule has 0 amide bonds. The van der Waals surface area contributed by atoms with Gasteiger partial charge < -0.3 is 20.1 Å². The number of ether oxygens (including phenoxy) is 2. The number of benzene rings is 1. The zero-order chi connectivity index (χ0) is 20.2. The number of carbonyl (C=O) groups excluding carboxylic acids is 1. The summed E-state index contributed by atoms with van der Waals surface area (Å²) >= 11 is 0. The van der Waals surface area contributed by atoms with Gasteiger partial charge in [-0.2, -0.15) is 10.5 Å². The number of nitrogens with two attached hydrogens (primary N) is 1. The van der Waals surface area contributed by atoms with E-state index in [1.54, 1.807) is 51.9 Å². The minimum Gasteiger partial charge on any atom is -0.497 e. The Hall–Kier alpha value is -2.91. The summed E-state index contributed by atoms with van der Waals surface area (Å²) in [7, 11) is 4.83. The number of anilines is 3. The lowest BCUT2D eigenvalue weighted by atomic mass is 10.2. The highest BCUT2D eigenvalue weighted by molar-refractivity contribution is 5.95. The number of nitrogens with one attached hydrogen (secondary N) is 2. The number of esters is 1. The summed E-state index contributed by atoms with van der Waals surface area (Å²) in [5.74, 6) is 0.881. The van der Waals surface area contributed by atoms with E-state index in [0.29, 0.717) is 23.2 Å². The molecule has 1 aromatic heterocycles. The summed E-state index contributed by atoms with van der Waals surface area (Å²) in [5.41, 5.74) is 3.23. The lowest BCUT2D eigenvalue weighted by Crippen LogP contribution is -2.76. The van der Waals surface area contributed by atoms with E-state index in [1.807, 2.05) is 13.8 Å². The molecule has 27 heavy (non-hydrogen) atoms. The lowest BCUT2D eigenvalue weighted by Gasteiger charge is -2.13. The first-order valence-corrected chi connectivity index (χ1v) is 8.65. The number of quaternary nitrogens is 1. The maximum atomic E-state index is 12.2. The van der Waals surface area contributed by atoms with Crippen molar-refractivity contribution in [2.45, 2.75) is 20.8 Å². The van der Waals surface area contributed by atoms with E-state index in [0.717, 1.165) is 5.69 Å². The number of aromatic nitrogens is 2. The Bertz CT molecular complexity index is 740. The minimum absolute atomic E-state index is 0.236. The standard InChI is InChI=1S/C16H21N5O4.C2H6/c1-5-25-15(22)11-9-18-16(17-2)20-14(11)19-12-7-6-10(23-3)8-13(12)21-24-4;1-2/h6-9,21H,5H2,1-4H3,(H2,17,18,19,20);1-2H3/p+1. The van der Waals surface area contributed by atoms with Crippen molar-refractivity contribution in [1.29, 1.82) is 0 Å². The Labute approximate surface area is 159 Å². The molecule has 0 unspecified atom stereocenters. The van der Waals surface area contributed by atoms with Crippen molar-refractivity contribution in [1.82, 2.24) is 9.97 Å². The third-order valence-corrected chi connectivity index (χ3v) is 3.26. The molecule has 0 radical (unpaired) electrons. The number of hydrogen-bond donors (Lipinski definition) is 3. The van der Waals surface area contributed by atoms with Crippen LogP contribution in [0.5, 0.6) is 5.75 Å². The van der Waals surface area contributed by atoms with E-state index >= 15 is 0 Å². The molecule has 0 aliphatic heterocycles. The van der Waals surface area contributed by atoms with E-state index in [-0.39, 0.29) is 12.2 Å². The van der Waals surface area contributed by atoms with Crippen LogP contribution in [0.2, 0.25) is 0 Å². The summed E-state index contributed by atoms with van der Waals surface area (Å²) in [5, 5.41) is 5.97. The fourth-order valence-corrected chi connectivity index (χ4v) is 2.09. The Balaban J connectivity index is 0.00000176. The van der Waals surface area contributed by atoms with Gasteiger partial charge in [-0.3, -0.25) is 0 Å². The molecule has 0 bridgehead atoms. The quantitative estimate of drug-likeness (QED) is 0.364. The highest BCUT2D eigenvalue weighted by Gasteiger charge is 2.18. The highest BCUT2D eigenvalue weighted by atomic mass is 16.6. The average Bonchev–Trinajstić information content (AvgIpc) is 2.71. The van der Waals surface area contributed by atoms with Crippen LogP contribution in [0.3, 0.4) is 0 Å². The van der Waals surface area contributed by atoms with Crippen LogP contribution >= 0.6 is 0 Å².